The third-order valence-corrected chi connectivity index (χ3v) is 3.07. The quantitative estimate of drug-likeness (QED) is 0.719. The van der Waals surface area contributed by atoms with Crippen LogP contribution in [0.1, 0.15) is 0 Å². The van der Waals surface area contributed by atoms with Crippen LogP contribution in [0.4, 0.5) is 0 Å². The highest BCUT2D eigenvalue weighted by Gasteiger charge is 2.26. The molecule has 3 heterocycles. The zero-order valence-corrected chi connectivity index (χ0v) is 11.4. The highest BCUT2D eigenvalue weighted by atomic mass is 32.1. The molecule has 0 atom stereocenters. The minimum atomic E-state index is 0.456. The first kappa shape index (κ1) is 12.5. The zero-order valence-electron chi connectivity index (χ0n) is 8.78. The second kappa shape index (κ2) is 6.13. The first-order chi connectivity index (χ1) is 8.29. The number of thiol groups is 2. The molecule has 0 unspecified atom stereocenters. The Morgan fingerprint density at radius 2 is 1.88 bits per heavy atom. The Morgan fingerprint density at radius 3 is 2.47 bits per heavy atom. The summed E-state index contributed by atoms with van der Waals surface area (Å²) in [6, 6.07) is 4.04. The molecule has 7 heteroatoms. The molecule has 0 amide bonds. The van der Waals surface area contributed by atoms with E-state index in [2.05, 4.69) is 25.4 Å². The molecule has 4 nitrogen and oxygen atoms in total. The van der Waals surface area contributed by atoms with Gasteiger partial charge in [0.2, 0.25) is 0 Å². The van der Waals surface area contributed by atoms with Gasteiger partial charge >= 0.3 is 0 Å². The second-order valence-electron chi connectivity index (χ2n) is 3.01. The lowest BCUT2D eigenvalue weighted by molar-refractivity contribution is -0.0717. The van der Waals surface area contributed by atoms with Gasteiger partial charge in [0.05, 0.1) is 4.91 Å². The van der Waals surface area contributed by atoms with E-state index in [0.717, 1.165) is 0 Å². The summed E-state index contributed by atoms with van der Waals surface area (Å²) in [6.45, 7) is 1.03. The highest BCUT2D eigenvalue weighted by molar-refractivity contribution is 7.84. The Morgan fingerprint density at radius 1 is 1.18 bits per heavy atom. The van der Waals surface area contributed by atoms with E-state index in [1.165, 1.54) is 10.7 Å². The number of ether oxygens (including phenoxy) is 2. The third-order valence-electron chi connectivity index (χ3n) is 1.86. The molecular weight excluding hydrogens is 278 g/mol. The van der Waals surface area contributed by atoms with Gasteiger partial charge in [-0.3, -0.25) is 0 Å². The molecule has 0 radical (unpaired) electrons. The molecule has 1 aromatic rings. The lowest BCUT2D eigenvalue weighted by atomic mass is 10.4. The summed E-state index contributed by atoms with van der Waals surface area (Å²) in [5, 5.41) is 4.08. The van der Waals surface area contributed by atoms with Crippen molar-refractivity contribution in [3.05, 3.63) is 45.7 Å². The molecule has 3 rings (SSSR count). The van der Waals surface area contributed by atoms with Crippen LogP contribution in [-0.4, -0.2) is 17.7 Å². The predicted molar refractivity (Wildman–Crippen MR) is 72.2 cm³/mol. The molecule has 92 valence electrons. The minimum absolute atomic E-state index is 0.456. The minimum Gasteiger partial charge on any atom is -0.483 e. The van der Waals surface area contributed by atoms with Gasteiger partial charge in [-0.25, -0.2) is 0 Å². The third kappa shape index (κ3) is 3.27. The van der Waals surface area contributed by atoms with Crippen molar-refractivity contribution in [1.82, 2.24) is 4.47 Å². The van der Waals surface area contributed by atoms with Crippen molar-refractivity contribution in [2.45, 2.75) is 0 Å². The van der Waals surface area contributed by atoms with Crippen LogP contribution >= 0.6 is 36.8 Å². The maximum Gasteiger partial charge on any atom is 0.279 e. The molecule has 0 aliphatic carbocycles. The lowest BCUT2D eigenvalue weighted by Crippen LogP contribution is -2.25. The first-order valence-corrected chi connectivity index (χ1v) is 6.60. The SMILES string of the molecule is SC1=CON(S)C2=C1OCCO2.c1ccsc1. The number of rotatable bonds is 0. The number of thiophene rings is 1. The van der Waals surface area contributed by atoms with Crippen molar-refractivity contribution in [2.24, 2.45) is 0 Å². The van der Waals surface area contributed by atoms with Gasteiger partial charge in [-0.1, -0.05) is 12.1 Å². The van der Waals surface area contributed by atoms with E-state index < -0.39 is 0 Å². The summed E-state index contributed by atoms with van der Waals surface area (Å²) in [4.78, 5) is 5.56. The molecule has 17 heavy (non-hydrogen) atoms. The average Bonchev–Trinajstić information content (AvgIpc) is 2.93. The van der Waals surface area contributed by atoms with Crippen molar-refractivity contribution in [1.29, 1.82) is 0 Å². The normalized spacial score (nSPS) is 17.8. The summed E-state index contributed by atoms with van der Waals surface area (Å²) in [5.41, 5.74) is 0. The van der Waals surface area contributed by atoms with E-state index >= 15 is 0 Å². The smallest absolute Gasteiger partial charge is 0.279 e. The summed E-state index contributed by atoms with van der Waals surface area (Å²) in [7, 11) is 0. The van der Waals surface area contributed by atoms with E-state index in [1.807, 2.05) is 22.9 Å². The van der Waals surface area contributed by atoms with E-state index in [1.54, 1.807) is 11.3 Å². The zero-order chi connectivity index (χ0) is 12.1. The van der Waals surface area contributed by atoms with Crippen molar-refractivity contribution < 1.29 is 14.3 Å². The Labute approximate surface area is 114 Å². The summed E-state index contributed by atoms with van der Waals surface area (Å²) >= 11 is 9.84. The van der Waals surface area contributed by atoms with Crippen LogP contribution in [0, 0.1) is 0 Å². The van der Waals surface area contributed by atoms with Crippen LogP contribution in [0.5, 0.6) is 0 Å². The standard InChI is InChI=1S/C6H7NO3S2.C4H4S/c11-4-3-10-7(12)6-5(4)8-1-2-9-6;1-2-4-5-3-1/h3,11-12H,1-2H2;1-4H. The van der Waals surface area contributed by atoms with Gasteiger partial charge in [0, 0.05) is 0 Å². The molecule has 0 fully saturated rings. The molecule has 0 aromatic carbocycles. The van der Waals surface area contributed by atoms with Crippen LogP contribution in [0.15, 0.2) is 45.7 Å². The van der Waals surface area contributed by atoms with Crippen molar-refractivity contribution in [2.75, 3.05) is 13.2 Å². The fourth-order valence-corrected chi connectivity index (χ4v) is 2.02. The van der Waals surface area contributed by atoms with E-state index in [-0.39, 0.29) is 0 Å². The Bertz CT molecular complexity index is 399. The van der Waals surface area contributed by atoms with Crippen LogP contribution in [0.2, 0.25) is 0 Å². The van der Waals surface area contributed by atoms with Crippen LogP contribution in [0.3, 0.4) is 0 Å². The van der Waals surface area contributed by atoms with Crippen molar-refractivity contribution in [3.63, 3.8) is 0 Å². The van der Waals surface area contributed by atoms with Gasteiger partial charge in [0.1, 0.15) is 19.5 Å². The Hall–Kier alpha value is -0.920. The summed E-state index contributed by atoms with van der Waals surface area (Å²) in [6.07, 6.45) is 1.43. The maximum atomic E-state index is 5.30. The average molecular weight is 289 g/mol. The fraction of sp³-hybridized carbons (Fsp3) is 0.200. The maximum absolute atomic E-state index is 5.30. The van der Waals surface area contributed by atoms with Crippen LogP contribution < -0.4 is 0 Å². The van der Waals surface area contributed by atoms with Crippen LogP contribution in [0.25, 0.3) is 0 Å². The molecule has 0 N–H and O–H groups in total. The molecule has 2 aliphatic rings. The number of hydrogen-bond donors (Lipinski definition) is 2. The number of hydroxylamine groups is 1. The number of nitrogens with zero attached hydrogens (tertiary/aromatic N) is 1. The van der Waals surface area contributed by atoms with Crippen molar-refractivity contribution in [3.8, 4) is 0 Å². The van der Waals surface area contributed by atoms with Gasteiger partial charge < -0.3 is 14.3 Å². The Kier molecular flexibility index (Phi) is 4.52. The van der Waals surface area contributed by atoms with Gasteiger partial charge in [0.25, 0.3) is 5.88 Å². The highest BCUT2D eigenvalue weighted by Crippen LogP contribution is 2.31. The van der Waals surface area contributed by atoms with Gasteiger partial charge in [-0.05, 0) is 23.6 Å². The van der Waals surface area contributed by atoms with E-state index in [4.69, 9.17) is 14.3 Å². The Balaban J connectivity index is 0.000000181. The monoisotopic (exact) mass is 289 g/mol. The molecule has 0 spiro atoms. The van der Waals surface area contributed by atoms with Gasteiger partial charge in [0.15, 0.2) is 5.76 Å². The first-order valence-electron chi connectivity index (χ1n) is 4.81. The fourth-order valence-electron chi connectivity index (χ4n) is 1.16. The largest absolute Gasteiger partial charge is 0.483 e. The van der Waals surface area contributed by atoms with Crippen molar-refractivity contribution >= 4 is 36.8 Å². The molecule has 0 saturated carbocycles. The van der Waals surface area contributed by atoms with Gasteiger partial charge in [-0.2, -0.15) is 11.3 Å². The predicted octanol–water partition coefficient (Wildman–Crippen LogP) is 2.81. The van der Waals surface area contributed by atoms with Crippen LogP contribution in [-0.2, 0) is 14.3 Å². The lowest BCUT2D eigenvalue weighted by Gasteiger charge is -2.29. The van der Waals surface area contributed by atoms with E-state index in [9.17, 15) is 0 Å². The molecular formula is C10H11NO3S3. The topological polar surface area (TPSA) is 30.9 Å². The molecule has 0 saturated heterocycles. The summed E-state index contributed by atoms with van der Waals surface area (Å²) in [5.74, 6) is 1.03. The van der Waals surface area contributed by atoms with E-state index in [0.29, 0.717) is 29.8 Å². The van der Waals surface area contributed by atoms with Gasteiger partial charge in [-0.15, -0.1) is 17.1 Å². The summed E-state index contributed by atoms with van der Waals surface area (Å²) < 4.78 is 11.8. The molecule has 2 aliphatic heterocycles. The molecule has 0 bridgehead atoms. The second-order valence-corrected chi connectivity index (χ2v) is 4.67. The number of hydrogen-bond acceptors (Lipinski definition) is 7. The molecule has 1 aromatic heterocycles.